The molecule has 230 valence electrons. The topological polar surface area (TPSA) is 96.0 Å². The number of anilines is 1. The molecule has 3 aromatic rings. The molecule has 0 aliphatic heterocycles. The van der Waals surface area contributed by atoms with E-state index in [4.69, 9.17) is 16.3 Å². The van der Waals surface area contributed by atoms with E-state index in [1.165, 1.54) is 4.31 Å². The average molecular weight is 626 g/mol. The molecular formula is C33H40ClN3O5S. The molecular weight excluding hydrogens is 586 g/mol. The van der Waals surface area contributed by atoms with E-state index in [1.54, 1.807) is 36.3 Å². The van der Waals surface area contributed by atoms with Gasteiger partial charge in [0.25, 0.3) is 0 Å². The van der Waals surface area contributed by atoms with E-state index in [0.717, 1.165) is 43.1 Å². The van der Waals surface area contributed by atoms with Crippen LogP contribution >= 0.6 is 11.6 Å². The van der Waals surface area contributed by atoms with Gasteiger partial charge in [0.1, 0.15) is 11.8 Å². The molecule has 0 saturated heterocycles. The normalized spacial score (nSPS) is 14.2. The van der Waals surface area contributed by atoms with E-state index in [1.807, 2.05) is 54.6 Å². The molecule has 8 nitrogen and oxygen atoms in total. The van der Waals surface area contributed by atoms with E-state index in [0.29, 0.717) is 22.9 Å². The number of carbonyl (C=O) groups is 2. The van der Waals surface area contributed by atoms with Gasteiger partial charge in [-0.05, 0) is 60.7 Å². The molecule has 1 N–H and O–H groups in total. The number of ether oxygens (including phenoxy) is 1. The first kappa shape index (κ1) is 32.4. The van der Waals surface area contributed by atoms with Crippen LogP contribution < -0.4 is 14.4 Å². The number of methoxy groups -OCH3 is 1. The van der Waals surface area contributed by atoms with Crippen molar-refractivity contribution in [1.82, 2.24) is 10.2 Å². The molecule has 0 aromatic heterocycles. The highest BCUT2D eigenvalue weighted by Gasteiger charge is 2.32. The monoisotopic (exact) mass is 625 g/mol. The van der Waals surface area contributed by atoms with Gasteiger partial charge in [0.05, 0.1) is 19.1 Å². The number of nitrogens with one attached hydrogen (secondary N) is 1. The van der Waals surface area contributed by atoms with E-state index in [9.17, 15) is 18.0 Å². The third kappa shape index (κ3) is 9.46. The standard InChI is InChI=1S/C33H40ClN3O5S/c1-42-30-18-8-13-26(21-30)24-36(31(22-25-11-4-3-5-12-25)33(39)35-28-15-6-7-16-28)32(38)19-10-20-37(43(2,40)41)29-17-9-14-27(34)23-29/h3-5,8-9,11-14,17-18,21,23,28,31H,6-7,10,15-16,19-20,22,24H2,1-2H3,(H,35,39)/t31-/m1/s1. The first-order valence-electron chi connectivity index (χ1n) is 14.6. The summed E-state index contributed by atoms with van der Waals surface area (Å²) in [7, 11) is -2.04. The van der Waals surface area contributed by atoms with E-state index < -0.39 is 16.1 Å². The molecule has 4 rings (SSSR count). The molecule has 43 heavy (non-hydrogen) atoms. The van der Waals surface area contributed by atoms with Crippen molar-refractivity contribution < 1.29 is 22.7 Å². The molecule has 1 fully saturated rings. The third-order valence-electron chi connectivity index (χ3n) is 7.71. The molecule has 0 radical (unpaired) electrons. The summed E-state index contributed by atoms with van der Waals surface area (Å²) in [6.07, 6.45) is 5.81. The van der Waals surface area contributed by atoms with Crippen molar-refractivity contribution in [1.29, 1.82) is 0 Å². The van der Waals surface area contributed by atoms with Gasteiger partial charge in [-0.25, -0.2) is 8.42 Å². The maximum Gasteiger partial charge on any atom is 0.243 e. The van der Waals surface area contributed by atoms with Crippen LogP contribution in [0.15, 0.2) is 78.9 Å². The van der Waals surface area contributed by atoms with E-state index in [-0.39, 0.29) is 43.8 Å². The number of amides is 2. The highest BCUT2D eigenvalue weighted by atomic mass is 35.5. The summed E-state index contributed by atoms with van der Waals surface area (Å²) in [5.74, 6) is 0.249. The molecule has 0 bridgehead atoms. The zero-order valence-corrected chi connectivity index (χ0v) is 26.3. The molecule has 1 aliphatic carbocycles. The second kappa shape index (κ2) is 15.3. The first-order chi connectivity index (χ1) is 20.6. The molecule has 2 amide bonds. The van der Waals surface area contributed by atoms with Crippen molar-refractivity contribution in [2.24, 2.45) is 0 Å². The highest BCUT2D eigenvalue weighted by Crippen LogP contribution is 2.24. The van der Waals surface area contributed by atoms with Gasteiger partial charge in [0.15, 0.2) is 0 Å². The summed E-state index contributed by atoms with van der Waals surface area (Å²) >= 11 is 6.13. The first-order valence-corrected chi connectivity index (χ1v) is 16.9. The molecule has 1 atom stereocenters. The summed E-state index contributed by atoms with van der Waals surface area (Å²) in [5.41, 5.74) is 2.21. The number of benzene rings is 3. The zero-order valence-electron chi connectivity index (χ0n) is 24.7. The number of nitrogens with zero attached hydrogens (tertiary/aromatic N) is 2. The van der Waals surface area contributed by atoms with Gasteiger partial charge in [0.2, 0.25) is 21.8 Å². The van der Waals surface area contributed by atoms with Crippen molar-refractivity contribution in [2.45, 2.75) is 63.6 Å². The Kier molecular flexibility index (Phi) is 11.5. The van der Waals surface area contributed by atoms with Crippen LogP contribution in [0.2, 0.25) is 5.02 Å². The lowest BCUT2D eigenvalue weighted by atomic mass is 10.0. The van der Waals surface area contributed by atoms with Crippen molar-refractivity contribution in [3.8, 4) is 5.75 Å². The van der Waals surface area contributed by atoms with E-state index >= 15 is 0 Å². The van der Waals surface area contributed by atoms with Crippen LogP contribution in [0.3, 0.4) is 0 Å². The quantitative estimate of drug-likeness (QED) is 0.252. The SMILES string of the molecule is COc1cccc(CN(C(=O)CCCN(c2cccc(Cl)c2)S(C)(=O)=O)[C@H](Cc2ccccc2)C(=O)NC2CCCC2)c1. The van der Waals surface area contributed by atoms with Crippen LogP contribution in [0.5, 0.6) is 5.75 Å². The Morgan fingerprint density at radius 1 is 0.977 bits per heavy atom. The van der Waals surface area contributed by atoms with Gasteiger partial charge in [0, 0.05) is 37.0 Å². The van der Waals surface area contributed by atoms with Crippen molar-refractivity contribution in [3.63, 3.8) is 0 Å². The number of rotatable bonds is 14. The van der Waals surface area contributed by atoms with Crippen LogP contribution in [-0.2, 0) is 32.6 Å². The van der Waals surface area contributed by atoms with Crippen LogP contribution in [0.4, 0.5) is 5.69 Å². The fraction of sp³-hybridized carbons (Fsp3) is 0.394. The lowest BCUT2D eigenvalue weighted by Crippen LogP contribution is -2.52. The summed E-state index contributed by atoms with van der Waals surface area (Å²) < 4.78 is 31.9. The zero-order chi connectivity index (χ0) is 30.8. The van der Waals surface area contributed by atoms with Gasteiger partial charge >= 0.3 is 0 Å². The van der Waals surface area contributed by atoms with Crippen molar-refractivity contribution >= 4 is 39.1 Å². The second-order valence-corrected chi connectivity index (χ2v) is 13.3. The Hall–Kier alpha value is -3.56. The summed E-state index contributed by atoms with van der Waals surface area (Å²) in [4.78, 5) is 29.5. The lowest BCUT2D eigenvalue weighted by molar-refractivity contribution is -0.141. The Morgan fingerprint density at radius 2 is 1.67 bits per heavy atom. The van der Waals surface area contributed by atoms with Crippen LogP contribution in [0, 0.1) is 0 Å². The molecule has 1 aliphatic rings. The molecule has 0 heterocycles. The smallest absolute Gasteiger partial charge is 0.243 e. The molecule has 1 saturated carbocycles. The molecule has 10 heteroatoms. The number of halogens is 1. The predicted octanol–water partition coefficient (Wildman–Crippen LogP) is 5.59. The Bertz CT molecular complexity index is 1480. The summed E-state index contributed by atoms with van der Waals surface area (Å²) in [6.45, 7) is 0.297. The second-order valence-electron chi connectivity index (χ2n) is 11.0. The molecule has 3 aromatic carbocycles. The number of carbonyl (C=O) groups excluding carboxylic acids is 2. The summed E-state index contributed by atoms with van der Waals surface area (Å²) in [5, 5.41) is 3.63. The number of hydrogen-bond donors (Lipinski definition) is 1. The van der Waals surface area contributed by atoms with Crippen LogP contribution in [0.1, 0.15) is 49.7 Å². The minimum absolute atomic E-state index is 0.0541. The molecule has 0 spiro atoms. The molecule has 0 unspecified atom stereocenters. The van der Waals surface area contributed by atoms with Gasteiger partial charge in [-0.3, -0.25) is 13.9 Å². The van der Waals surface area contributed by atoms with Crippen LogP contribution in [-0.4, -0.2) is 57.1 Å². The largest absolute Gasteiger partial charge is 0.497 e. The fourth-order valence-corrected chi connectivity index (χ4v) is 6.67. The summed E-state index contributed by atoms with van der Waals surface area (Å²) in [6, 6.07) is 23.1. The van der Waals surface area contributed by atoms with Crippen molar-refractivity contribution in [2.75, 3.05) is 24.2 Å². The van der Waals surface area contributed by atoms with Crippen LogP contribution in [0.25, 0.3) is 0 Å². The van der Waals surface area contributed by atoms with Gasteiger partial charge in [-0.1, -0.05) is 73.0 Å². The number of sulfonamides is 1. The van der Waals surface area contributed by atoms with Gasteiger partial charge < -0.3 is 15.0 Å². The average Bonchev–Trinajstić information content (AvgIpc) is 3.50. The predicted molar refractivity (Wildman–Crippen MR) is 171 cm³/mol. The maximum atomic E-state index is 14.0. The lowest BCUT2D eigenvalue weighted by Gasteiger charge is -2.33. The Morgan fingerprint density at radius 3 is 2.35 bits per heavy atom. The maximum absolute atomic E-state index is 14.0. The highest BCUT2D eigenvalue weighted by molar-refractivity contribution is 7.92. The minimum Gasteiger partial charge on any atom is -0.497 e. The Balaban J connectivity index is 1.60. The number of hydrogen-bond acceptors (Lipinski definition) is 5. The van der Waals surface area contributed by atoms with Gasteiger partial charge in [-0.15, -0.1) is 0 Å². The van der Waals surface area contributed by atoms with E-state index in [2.05, 4.69) is 5.32 Å². The van der Waals surface area contributed by atoms with Crippen molar-refractivity contribution in [3.05, 3.63) is 95.0 Å². The van der Waals surface area contributed by atoms with Gasteiger partial charge in [-0.2, -0.15) is 0 Å². The third-order valence-corrected chi connectivity index (χ3v) is 9.14. The Labute approximate surface area is 260 Å². The fourth-order valence-electron chi connectivity index (χ4n) is 5.52. The minimum atomic E-state index is -3.62.